The van der Waals surface area contributed by atoms with Crippen molar-refractivity contribution in [2.75, 3.05) is 20.8 Å². The van der Waals surface area contributed by atoms with Crippen LogP contribution in [0.1, 0.15) is 45.1 Å². The summed E-state index contributed by atoms with van der Waals surface area (Å²) in [5.74, 6) is 2.56. The molecule has 3 nitrogen and oxygen atoms in total. The number of methoxy groups -OCH3 is 2. The van der Waals surface area contributed by atoms with E-state index in [0.717, 1.165) is 36.1 Å². The molecule has 0 amide bonds. The molecule has 0 aliphatic rings. The second-order valence-corrected chi connectivity index (χ2v) is 5.23. The summed E-state index contributed by atoms with van der Waals surface area (Å²) in [5, 5.41) is 3.55. The van der Waals surface area contributed by atoms with Gasteiger partial charge in [0, 0.05) is 12.1 Å². The summed E-state index contributed by atoms with van der Waals surface area (Å²) < 4.78 is 10.7. The molecule has 0 aromatic heterocycles. The third-order valence-corrected chi connectivity index (χ3v) is 3.78. The van der Waals surface area contributed by atoms with E-state index in [1.165, 1.54) is 25.7 Å². The minimum Gasteiger partial charge on any atom is -0.497 e. The first kappa shape index (κ1) is 16.8. The van der Waals surface area contributed by atoms with E-state index in [4.69, 9.17) is 9.47 Å². The Labute approximate surface area is 123 Å². The molecule has 0 heterocycles. The van der Waals surface area contributed by atoms with Crippen LogP contribution in [-0.4, -0.2) is 20.8 Å². The van der Waals surface area contributed by atoms with E-state index in [-0.39, 0.29) is 0 Å². The van der Waals surface area contributed by atoms with Gasteiger partial charge in [-0.1, -0.05) is 33.1 Å². The fourth-order valence-corrected chi connectivity index (χ4v) is 2.37. The van der Waals surface area contributed by atoms with Crippen molar-refractivity contribution in [1.82, 2.24) is 5.32 Å². The lowest BCUT2D eigenvalue weighted by molar-refractivity contribution is 0.390. The number of unbranched alkanes of at least 4 members (excludes halogenated alkanes) is 1. The Kier molecular flexibility index (Phi) is 8.12. The van der Waals surface area contributed by atoms with Crippen molar-refractivity contribution in [3.8, 4) is 11.5 Å². The molecule has 114 valence electrons. The van der Waals surface area contributed by atoms with Crippen molar-refractivity contribution < 1.29 is 9.47 Å². The predicted molar refractivity (Wildman–Crippen MR) is 84.6 cm³/mol. The van der Waals surface area contributed by atoms with Gasteiger partial charge in [-0.05, 0) is 37.1 Å². The molecule has 0 aliphatic heterocycles. The van der Waals surface area contributed by atoms with Gasteiger partial charge in [0.1, 0.15) is 11.5 Å². The highest BCUT2D eigenvalue weighted by Crippen LogP contribution is 2.23. The van der Waals surface area contributed by atoms with E-state index in [9.17, 15) is 0 Å². The normalized spacial score (nSPS) is 12.2. The number of hydrogen-bond donors (Lipinski definition) is 1. The summed E-state index contributed by atoms with van der Waals surface area (Å²) in [5.41, 5.74) is 1.15. The monoisotopic (exact) mass is 279 g/mol. The predicted octanol–water partition coefficient (Wildman–Crippen LogP) is 4.01. The summed E-state index contributed by atoms with van der Waals surface area (Å²) in [6.07, 6.45) is 5.15. The molecule has 1 rings (SSSR count). The van der Waals surface area contributed by atoms with Gasteiger partial charge in [-0.2, -0.15) is 0 Å². The molecule has 0 saturated carbocycles. The van der Waals surface area contributed by atoms with Crippen molar-refractivity contribution >= 4 is 0 Å². The van der Waals surface area contributed by atoms with Gasteiger partial charge in [0.15, 0.2) is 0 Å². The van der Waals surface area contributed by atoms with Crippen molar-refractivity contribution in [1.29, 1.82) is 0 Å². The first-order valence-electron chi connectivity index (χ1n) is 7.66. The average Bonchev–Trinajstić information content (AvgIpc) is 2.50. The van der Waals surface area contributed by atoms with Crippen LogP contribution in [0.2, 0.25) is 0 Å². The third kappa shape index (κ3) is 5.41. The van der Waals surface area contributed by atoms with Crippen LogP contribution in [0.5, 0.6) is 11.5 Å². The lowest BCUT2D eigenvalue weighted by Gasteiger charge is -2.16. The quantitative estimate of drug-likeness (QED) is 0.702. The molecule has 0 radical (unpaired) electrons. The van der Waals surface area contributed by atoms with Gasteiger partial charge < -0.3 is 14.8 Å². The van der Waals surface area contributed by atoms with E-state index in [2.05, 4.69) is 19.2 Å². The highest BCUT2D eigenvalue weighted by molar-refractivity contribution is 5.40. The number of rotatable bonds is 10. The van der Waals surface area contributed by atoms with E-state index >= 15 is 0 Å². The third-order valence-electron chi connectivity index (χ3n) is 3.78. The summed E-state index contributed by atoms with van der Waals surface area (Å²) in [6, 6.07) is 5.93. The van der Waals surface area contributed by atoms with Crippen LogP contribution in [0.4, 0.5) is 0 Å². The van der Waals surface area contributed by atoms with Gasteiger partial charge in [0.2, 0.25) is 0 Å². The standard InChI is InChI=1S/C17H29NO2/c1-5-7-8-14(6-2)12-18-13-15-11-16(19-3)9-10-17(15)20-4/h9-11,14,18H,5-8,12-13H2,1-4H3. The summed E-state index contributed by atoms with van der Waals surface area (Å²) in [6.45, 7) is 6.41. The van der Waals surface area contributed by atoms with Crippen molar-refractivity contribution in [2.45, 2.75) is 46.1 Å². The first-order chi connectivity index (χ1) is 9.74. The zero-order valence-electron chi connectivity index (χ0n) is 13.4. The fourth-order valence-electron chi connectivity index (χ4n) is 2.37. The van der Waals surface area contributed by atoms with Crippen LogP contribution in [0.25, 0.3) is 0 Å². The summed E-state index contributed by atoms with van der Waals surface area (Å²) in [4.78, 5) is 0. The molecule has 1 unspecified atom stereocenters. The Morgan fingerprint density at radius 1 is 1.15 bits per heavy atom. The van der Waals surface area contributed by atoms with Crippen LogP contribution in [0.15, 0.2) is 18.2 Å². The molecule has 20 heavy (non-hydrogen) atoms. The molecule has 1 aromatic carbocycles. The summed E-state index contributed by atoms with van der Waals surface area (Å²) in [7, 11) is 3.40. The van der Waals surface area contributed by atoms with Crippen LogP contribution in [-0.2, 0) is 6.54 Å². The Hall–Kier alpha value is -1.22. The van der Waals surface area contributed by atoms with Gasteiger partial charge >= 0.3 is 0 Å². The topological polar surface area (TPSA) is 30.5 Å². The fraction of sp³-hybridized carbons (Fsp3) is 0.647. The van der Waals surface area contributed by atoms with Crippen molar-refractivity contribution in [2.24, 2.45) is 5.92 Å². The second-order valence-electron chi connectivity index (χ2n) is 5.23. The van der Waals surface area contributed by atoms with E-state index in [1.54, 1.807) is 14.2 Å². The average molecular weight is 279 g/mol. The van der Waals surface area contributed by atoms with E-state index < -0.39 is 0 Å². The number of nitrogens with one attached hydrogen (secondary N) is 1. The molecule has 1 N–H and O–H groups in total. The van der Waals surface area contributed by atoms with E-state index in [0.29, 0.717) is 0 Å². The highest BCUT2D eigenvalue weighted by Gasteiger charge is 2.08. The maximum Gasteiger partial charge on any atom is 0.123 e. The molecule has 0 fully saturated rings. The van der Waals surface area contributed by atoms with Crippen LogP contribution < -0.4 is 14.8 Å². The maximum atomic E-state index is 5.40. The first-order valence-corrected chi connectivity index (χ1v) is 7.66. The minimum atomic E-state index is 0.770. The molecule has 3 heteroatoms. The van der Waals surface area contributed by atoms with Gasteiger partial charge in [0.05, 0.1) is 14.2 Å². The Bertz CT molecular complexity index is 379. The van der Waals surface area contributed by atoms with E-state index in [1.807, 2.05) is 18.2 Å². The SMILES string of the molecule is CCCCC(CC)CNCc1cc(OC)ccc1OC. The minimum absolute atomic E-state index is 0.770. The molecule has 0 aliphatic carbocycles. The molecule has 1 atom stereocenters. The second kappa shape index (κ2) is 9.65. The van der Waals surface area contributed by atoms with Gasteiger partial charge in [-0.3, -0.25) is 0 Å². The summed E-state index contributed by atoms with van der Waals surface area (Å²) >= 11 is 0. The lowest BCUT2D eigenvalue weighted by Crippen LogP contribution is -2.22. The number of ether oxygens (including phenoxy) is 2. The molecule has 0 bridgehead atoms. The Balaban J connectivity index is 2.51. The van der Waals surface area contributed by atoms with Crippen LogP contribution >= 0.6 is 0 Å². The maximum absolute atomic E-state index is 5.40. The lowest BCUT2D eigenvalue weighted by atomic mass is 9.99. The molecule has 0 saturated heterocycles. The molecule has 1 aromatic rings. The smallest absolute Gasteiger partial charge is 0.123 e. The Morgan fingerprint density at radius 2 is 1.95 bits per heavy atom. The van der Waals surface area contributed by atoms with Crippen LogP contribution in [0, 0.1) is 5.92 Å². The van der Waals surface area contributed by atoms with Crippen molar-refractivity contribution in [3.05, 3.63) is 23.8 Å². The van der Waals surface area contributed by atoms with Gasteiger partial charge in [-0.25, -0.2) is 0 Å². The molecular formula is C17H29NO2. The largest absolute Gasteiger partial charge is 0.497 e. The van der Waals surface area contributed by atoms with Gasteiger partial charge in [0.25, 0.3) is 0 Å². The highest BCUT2D eigenvalue weighted by atomic mass is 16.5. The Morgan fingerprint density at radius 3 is 2.55 bits per heavy atom. The zero-order valence-corrected chi connectivity index (χ0v) is 13.4. The zero-order chi connectivity index (χ0) is 14.8. The van der Waals surface area contributed by atoms with Crippen LogP contribution in [0.3, 0.4) is 0 Å². The molecular weight excluding hydrogens is 250 g/mol. The number of benzene rings is 1. The molecule has 0 spiro atoms. The number of hydrogen-bond acceptors (Lipinski definition) is 3. The van der Waals surface area contributed by atoms with Crippen molar-refractivity contribution in [3.63, 3.8) is 0 Å². The van der Waals surface area contributed by atoms with Gasteiger partial charge in [-0.15, -0.1) is 0 Å².